The number of nitrogens with one attached hydrogen (secondary N) is 1. The molecule has 3 nitrogen and oxygen atoms in total. The topological polar surface area (TPSA) is 30.5 Å². The van der Waals surface area contributed by atoms with Gasteiger partial charge in [0.1, 0.15) is 0 Å². The molecule has 0 aliphatic carbocycles. The third-order valence-corrected chi connectivity index (χ3v) is 3.31. The van der Waals surface area contributed by atoms with Gasteiger partial charge in [0.25, 0.3) is 0 Å². The molecule has 0 bridgehead atoms. The molecule has 0 aromatic heterocycles. The highest BCUT2D eigenvalue weighted by atomic mass is 79.9. The van der Waals surface area contributed by atoms with Crippen LogP contribution in [0, 0.1) is 0 Å². The Labute approximate surface area is 112 Å². The Morgan fingerprint density at radius 3 is 2.41 bits per heavy atom. The number of benzene rings is 1. The molecule has 1 N–H and O–H groups in total. The van der Waals surface area contributed by atoms with Gasteiger partial charge in [-0.05, 0) is 30.7 Å². The van der Waals surface area contributed by atoms with E-state index in [1.54, 1.807) is 14.2 Å². The summed E-state index contributed by atoms with van der Waals surface area (Å²) in [5.74, 6) is 1.51. The number of ether oxygens (including phenoxy) is 2. The third-order valence-electron chi connectivity index (χ3n) is 2.58. The van der Waals surface area contributed by atoms with Crippen molar-refractivity contribution in [1.82, 2.24) is 5.32 Å². The van der Waals surface area contributed by atoms with Gasteiger partial charge in [-0.25, -0.2) is 0 Å². The highest BCUT2D eigenvalue weighted by Crippen LogP contribution is 2.33. The van der Waals surface area contributed by atoms with Gasteiger partial charge in [0.05, 0.1) is 14.2 Å². The van der Waals surface area contributed by atoms with Gasteiger partial charge >= 0.3 is 0 Å². The lowest BCUT2D eigenvalue weighted by molar-refractivity contribution is 0.354. The summed E-state index contributed by atoms with van der Waals surface area (Å²) in [6, 6.07) is 3.94. The second-order valence-electron chi connectivity index (χ2n) is 3.83. The van der Waals surface area contributed by atoms with Crippen LogP contribution in [0.4, 0.5) is 0 Å². The van der Waals surface area contributed by atoms with Crippen LogP contribution in [0.5, 0.6) is 11.5 Å². The van der Waals surface area contributed by atoms with Crippen LogP contribution in [0.2, 0.25) is 0 Å². The van der Waals surface area contributed by atoms with Crippen molar-refractivity contribution in [3.63, 3.8) is 0 Å². The summed E-state index contributed by atoms with van der Waals surface area (Å²) in [6.45, 7) is 4.06. The fourth-order valence-corrected chi connectivity index (χ4v) is 2.02. The van der Waals surface area contributed by atoms with Crippen LogP contribution < -0.4 is 14.8 Å². The van der Waals surface area contributed by atoms with E-state index in [-0.39, 0.29) is 0 Å². The minimum atomic E-state index is 0.747. The Morgan fingerprint density at radius 1 is 1.18 bits per heavy atom. The van der Waals surface area contributed by atoms with E-state index in [9.17, 15) is 0 Å². The Kier molecular flexibility index (Phi) is 6.37. The predicted octanol–water partition coefficient (Wildman–Crippen LogP) is 3.36. The van der Waals surface area contributed by atoms with Crippen LogP contribution in [-0.4, -0.2) is 20.8 Å². The quantitative estimate of drug-likeness (QED) is 0.784. The Bertz CT molecular complexity index is 356. The molecule has 0 atom stereocenters. The molecule has 0 fully saturated rings. The molecule has 4 heteroatoms. The zero-order chi connectivity index (χ0) is 12.7. The van der Waals surface area contributed by atoms with E-state index in [0.29, 0.717) is 0 Å². The maximum atomic E-state index is 5.29. The molecule has 0 aliphatic rings. The van der Waals surface area contributed by atoms with Crippen molar-refractivity contribution in [2.24, 2.45) is 0 Å². The van der Waals surface area contributed by atoms with E-state index in [1.165, 1.54) is 18.4 Å². The average molecular weight is 302 g/mol. The van der Waals surface area contributed by atoms with Gasteiger partial charge in [0, 0.05) is 11.0 Å². The normalized spacial score (nSPS) is 10.4. The SMILES string of the molecule is CCCCNCc1cc(OC)c(OC)cc1Br. The van der Waals surface area contributed by atoms with Crippen molar-refractivity contribution >= 4 is 15.9 Å². The summed E-state index contributed by atoms with van der Waals surface area (Å²) in [6.07, 6.45) is 2.41. The number of halogens is 1. The molecular weight excluding hydrogens is 282 g/mol. The van der Waals surface area contributed by atoms with Gasteiger partial charge in [-0.3, -0.25) is 0 Å². The average Bonchev–Trinajstić information content (AvgIpc) is 2.35. The molecule has 17 heavy (non-hydrogen) atoms. The first-order valence-corrected chi connectivity index (χ1v) is 6.63. The van der Waals surface area contributed by atoms with Gasteiger partial charge in [0.2, 0.25) is 0 Å². The lowest BCUT2D eigenvalue weighted by Crippen LogP contribution is -2.14. The van der Waals surface area contributed by atoms with E-state index in [1.807, 2.05) is 12.1 Å². The van der Waals surface area contributed by atoms with Crippen molar-refractivity contribution < 1.29 is 9.47 Å². The molecule has 0 radical (unpaired) electrons. The van der Waals surface area contributed by atoms with Crippen LogP contribution in [0.15, 0.2) is 16.6 Å². The first-order chi connectivity index (χ1) is 8.22. The summed E-state index contributed by atoms with van der Waals surface area (Å²) in [7, 11) is 3.30. The van der Waals surface area contributed by atoms with Crippen molar-refractivity contribution in [2.75, 3.05) is 20.8 Å². The largest absolute Gasteiger partial charge is 0.493 e. The molecule has 0 heterocycles. The number of methoxy groups -OCH3 is 2. The monoisotopic (exact) mass is 301 g/mol. The minimum Gasteiger partial charge on any atom is -0.493 e. The zero-order valence-electron chi connectivity index (χ0n) is 10.7. The molecule has 96 valence electrons. The van der Waals surface area contributed by atoms with Crippen LogP contribution in [-0.2, 0) is 6.54 Å². The molecule has 1 aromatic rings. The smallest absolute Gasteiger partial charge is 0.161 e. The van der Waals surface area contributed by atoms with Crippen LogP contribution in [0.25, 0.3) is 0 Å². The van der Waals surface area contributed by atoms with E-state index in [4.69, 9.17) is 9.47 Å². The highest BCUT2D eigenvalue weighted by molar-refractivity contribution is 9.10. The summed E-state index contributed by atoms with van der Waals surface area (Å²) in [5, 5.41) is 3.41. The minimum absolute atomic E-state index is 0.747. The molecule has 0 aliphatic heterocycles. The van der Waals surface area contributed by atoms with Gasteiger partial charge in [0.15, 0.2) is 11.5 Å². The predicted molar refractivity (Wildman–Crippen MR) is 73.9 cm³/mol. The molecule has 0 saturated carbocycles. The fraction of sp³-hybridized carbons (Fsp3) is 0.538. The lowest BCUT2D eigenvalue weighted by atomic mass is 10.2. The second kappa shape index (κ2) is 7.56. The van der Waals surface area contributed by atoms with Crippen LogP contribution in [0.1, 0.15) is 25.3 Å². The van der Waals surface area contributed by atoms with E-state index < -0.39 is 0 Å². The lowest BCUT2D eigenvalue weighted by Gasteiger charge is -2.12. The molecule has 0 unspecified atom stereocenters. The van der Waals surface area contributed by atoms with Gasteiger partial charge < -0.3 is 14.8 Å². The molecule has 0 spiro atoms. The molecule has 0 saturated heterocycles. The number of hydrogen-bond donors (Lipinski definition) is 1. The third kappa shape index (κ3) is 4.21. The van der Waals surface area contributed by atoms with Gasteiger partial charge in [-0.15, -0.1) is 0 Å². The fourth-order valence-electron chi connectivity index (χ4n) is 1.56. The van der Waals surface area contributed by atoms with E-state index in [2.05, 4.69) is 28.2 Å². The molecule has 1 rings (SSSR count). The van der Waals surface area contributed by atoms with Crippen molar-refractivity contribution in [2.45, 2.75) is 26.3 Å². The molecule has 0 amide bonds. The first kappa shape index (κ1) is 14.3. The maximum Gasteiger partial charge on any atom is 0.161 e. The summed E-state index contributed by atoms with van der Waals surface area (Å²) < 4.78 is 11.6. The summed E-state index contributed by atoms with van der Waals surface area (Å²) >= 11 is 3.54. The van der Waals surface area contributed by atoms with Gasteiger partial charge in [-0.1, -0.05) is 29.3 Å². The summed E-state index contributed by atoms with van der Waals surface area (Å²) in [5.41, 5.74) is 1.18. The van der Waals surface area contributed by atoms with Gasteiger partial charge in [-0.2, -0.15) is 0 Å². The summed E-state index contributed by atoms with van der Waals surface area (Å²) in [4.78, 5) is 0. The molecule has 1 aromatic carbocycles. The zero-order valence-corrected chi connectivity index (χ0v) is 12.3. The number of unbranched alkanes of at least 4 members (excludes halogenated alkanes) is 1. The highest BCUT2D eigenvalue weighted by Gasteiger charge is 2.08. The molecular formula is C13H20BrNO2. The first-order valence-electron chi connectivity index (χ1n) is 5.84. The number of hydrogen-bond acceptors (Lipinski definition) is 3. The van der Waals surface area contributed by atoms with Crippen molar-refractivity contribution in [3.8, 4) is 11.5 Å². The standard InChI is InChI=1S/C13H20BrNO2/c1-4-5-6-15-9-10-7-12(16-2)13(17-3)8-11(10)14/h7-8,15H,4-6,9H2,1-3H3. The van der Waals surface area contributed by atoms with Crippen LogP contribution >= 0.6 is 15.9 Å². The van der Waals surface area contributed by atoms with Crippen molar-refractivity contribution in [1.29, 1.82) is 0 Å². The van der Waals surface area contributed by atoms with E-state index in [0.717, 1.165) is 29.1 Å². The van der Waals surface area contributed by atoms with Crippen molar-refractivity contribution in [3.05, 3.63) is 22.2 Å². The van der Waals surface area contributed by atoms with E-state index >= 15 is 0 Å². The number of rotatable bonds is 7. The van der Waals surface area contributed by atoms with Crippen LogP contribution in [0.3, 0.4) is 0 Å². The Morgan fingerprint density at radius 2 is 1.82 bits per heavy atom. The second-order valence-corrected chi connectivity index (χ2v) is 4.68. The Balaban J connectivity index is 2.71. The maximum absolute atomic E-state index is 5.29. The Hall–Kier alpha value is -0.740.